The van der Waals surface area contributed by atoms with Crippen LogP contribution in [0.25, 0.3) is 0 Å². The van der Waals surface area contributed by atoms with Crippen LogP contribution < -0.4 is 0 Å². The van der Waals surface area contributed by atoms with E-state index in [1.165, 1.54) is 30.6 Å². The number of nitrogens with zero attached hydrogens (tertiary/aromatic N) is 5. The molecular formula is C16H18F3N5O4S. The first-order chi connectivity index (χ1) is 13.6. The number of hydrogen-bond donors (Lipinski definition) is 0. The Balaban J connectivity index is 1.67. The monoisotopic (exact) mass is 433 g/mol. The van der Waals surface area contributed by atoms with Gasteiger partial charge in [0.15, 0.2) is 4.90 Å². The Morgan fingerprint density at radius 3 is 2.41 bits per heavy atom. The van der Waals surface area contributed by atoms with Crippen molar-refractivity contribution in [2.24, 2.45) is 0 Å². The lowest BCUT2D eigenvalue weighted by Crippen LogP contribution is -2.48. The maximum atomic E-state index is 12.8. The Hall–Kier alpha value is -2.51. The van der Waals surface area contributed by atoms with Crippen molar-refractivity contribution in [3.63, 3.8) is 0 Å². The molecule has 0 amide bonds. The van der Waals surface area contributed by atoms with Gasteiger partial charge in [0.25, 0.3) is 5.69 Å². The molecule has 0 unspecified atom stereocenters. The Labute approximate surface area is 164 Å². The molecule has 0 spiro atoms. The summed E-state index contributed by atoms with van der Waals surface area (Å²) in [4.78, 5) is 15.8. The Morgan fingerprint density at radius 1 is 1.14 bits per heavy atom. The average molecular weight is 433 g/mol. The molecule has 1 aromatic carbocycles. The SMILES string of the molecule is O=[N+]([O-])c1ccccc1S(=O)(=O)N1CCN(Cc2nccn2CC(F)(F)F)CC1. The van der Waals surface area contributed by atoms with Crippen molar-refractivity contribution in [2.45, 2.75) is 24.2 Å². The highest BCUT2D eigenvalue weighted by atomic mass is 32.2. The lowest BCUT2D eigenvalue weighted by Gasteiger charge is -2.33. The zero-order chi connectivity index (χ0) is 21.2. The second-order valence-electron chi connectivity index (χ2n) is 6.49. The fourth-order valence-electron chi connectivity index (χ4n) is 3.12. The molecule has 1 aliphatic heterocycles. The number of alkyl halides is 3. The van der Waals surface area contributed by atoms with Crippen LogP contribution in [0.15, 0.2) is 41.6 Å². The van der Waals surface area contributed by atoms with Crippen molar-refractivity contribution in [1.82, 2.24) is 18.8 Å². The number of sulfonamides is 1. The van der Waals surface area contributed by atoms with Crippen LogP contribution in [0.5, 0.6) is 0 Å². The lowest BCUT2D eigenvalue weighted by atomic mass is 10.3. The molecular weight excluding hydrogens is 415 g/mol. The van der Waals surface area contributed by atoms with Gasteiger partial charge in [-0.25, -0.2) is 13.4 Å². The minimum atomic E-state index is -4.37. The lowest BCUT2D eigenvalue weighted by molar-refractivity contribution is -0.387. The van der Waals surface area contributed by atoms with Crippen molar-refractivity contribution >= 4 is 15.7 Å². The van der Waals surface area contributed by atoms with Gasteiger partial charge in [0.05, 0.1) is 11.5 Å². The third-order valence-corrected chi connectivity index (χ3v) is 6.47. The molecule has 3 rings (SSSR count). The number of aromatic nitrogens is 2. The van der Waals surface area contributed by atoms with E-state index in [9.17, 15) is 31.7 Å². The second kappa shape index (κ2) is 8.08. The van der Waals surface area contributed by atoms with Gasteiger partial charge in [-0.05, 0) is 6.07 Å². The van der Waals surface area contributed by atoms with E-state index >= 15 is 0 Å². The zero-order valence-electron chi connectivity index (χ0n) is 15.1. The van der Waals surface area contributed by atoms with Crippen molar-refractivity contribution < 1.29 is 26.5 Å². The predicted octanol–water partition coefficient (Wildman–Crippen LogP) is 1.86. The number of hydrogen-bond acceptors (Lipinski definition) is 6. The van der Waals surface area contributed by atoms with E-state index in [4.69, 9.17) is 0 Å². The van der Waals surface area contributed by atoms with Gasteiger partial charge in [-0.3, -0.25) is 15.0 Å². The van der Waals surface area contributed by atoms with E-state index in [1.54, 1.807) is 4.90 Å². The molecule has 29 heavy (non-hydrogen) atoms. The van der Waals surface area contributed by atoms with Crippen LogP contribution >= 0.6 is 0 Å². The summed E-state index contributed by atoms with van der Waals surface area (Å²) in [6, 6.07) is 5.12. The van der Waals surface area contributed by atoms with Gasteiger partial charge < -0.3 is 4.57 Å². The maximum Gasteiger partial charge on any atom is 0.406 e. The summed E-state index contributed by atoms with van der Waals surface area (Å²) in [5, 5.41) is 11.1. The van der Waals surface area contributed by atoms with Crippen molar-refractivity contribution in [1.29, 1.82) is 0 Å². The molecule has 1 saturated heterocycles. The number of halogens is 3. The highest BCUT2D eigenvalue weighted by Crippen LogP contribution is 2.27. The third-order valence-electron chi connectivity index (χ3n) is 4.53. The van der Waals surface area contributed by atoms with Gasteiger partial charge in [0, 0.05) is 44.6 Å². The molecule has 2 heterocycles. The highest BCUT2D eigenvalue weighted by molar-refractivity contribution is 7.89. The van der Waals surface area contributed by atoms with Crippen LogP contribution in [0.1, 0.15) is 5.82 Å². The molecule has 1 aromatic heterocycles. The first-order valence-corrected chi connectivity index (χ1v) is 10.0. The minimum Gasteiger partial charge on any atom is -0.325 e. The normalized spacial score (nSPS) is 16.8. The first-order valence-electron chi connectivity index (χ1n) is 8.60. The summed E-state index contributed by atoms with van der Waals surface area (Å²) in [6.07, 6.45) is -1.83. The van der Waals surface area contributed by atoms with Gasteiger partial charge >= 0.3 is 6.18 Å². The molecule has 0 bridgehead atoms. The smallest absolute Gasteiger partial charge is 0.325 e. The molecule has 0 radical (unpaired) electrons. The average Bonchev–Trinajstić information content (AvgIpc) is 3.07. The summed E-state index contributed by atoms with van der Waals surface area (Å²) in [5.41, 5.74) is -0.496. The molecule has 9 nitrogen and oxygen atoms in total. The summed E-state index contributed by atoms with van der Waals surface area (Å²) in [6.45, 7) is -0.350. The molecule has 2 aromatic rings. The number of piperazine rings is 1. The van der Waals surface area contributed by atoms with E-state index in [-0.39, 0.29) is 43.4 Å². The molecule has 0 aliphatic carbocycles. The van der Waals surface area contributed by atoms with Crippen LogP contribution in [-0.2, 0) is 23.1 Å². The summed E-state index contributed by atoms with van der Waals surface area (Å²) < 4.78 is 65.7. The molecule has 0 saturated carbocycles. The Kier molecular flexibility index (Phi) is 5.91. The molecule has 0 atom stereocenters. The van der Waals surface area contributed by atoms with Crippen molar-refractivity contribution in [3.8, 4) is 0 Å². The van der Waals surface area contributed by atoms with Gasteiger partial charge in [-0.1, -0.05) is 12.1 Å². The minimum absolute atomic E-state index is 0.0639. The van der Waals surface area contributed by atoms with Crippen LogP contribution in [0.2, 0.25) is 0 Å². The number of para-hydroxylation sites is 1. The number of imidazole rings is 1. The second-order valence-corrected chi connectivity index (χ2v) is 8.40. The number of nitro groups is 1. The number of nitro benzene ring substituents is 1. The van der Waals surface area contributed by atoms with Gasteiger partial charge in [0.1, 0.15) is 12.4 Å². The topological polar surface area (TPSA) is 102 Å². The standard InChI is InChI=1S/C16H18F3N5O4S/c17-16(18,19)12-22-6-5-20-15(22)11-21-7-9-23(10-8-21)29(27,28)14-4-2-1-3-13(14)24(25)26/h1-6H,7-12H2. The van der Waals surface area contributed by atoms with Gasteiger partial charge in [-0.15, -0.1) is 0 Å². The molecule has 0 N–H and O–H groups in total. The van der Waals surface area contributed by atoms with Gasteiger partial charge in [0.2, 0.25) is 10.0 Å². The fraction of sp³-hybridized carbons (Fsp3) is 0.438. The van der Waals surface area contributed by atoms with Crippen LogP contribution in [-0.4, -0.2) is 64.5 Å². The van der Waals surface area contributed by atoms with E-state index in [0.29, 0.717) is 0 Å². The third kappa shape index (κ3) is 4.92. The predicted molar refractivity (Wildman–Crippen MR) is 95.4 cm³/mol. The van der Waals surface area contributed by atoms with E-state index in [0.717, 1.165) is 14.9 Å². The quantitative estimate of drug-likeness (QED) is 0.509. The Morgan fingerprint density at radius 2 is 1.79 bits per heavy atom. The van der Waals surface area contributed by atoms with E-state index in [2.05, 4.69) is 4.98 Å². The molecule has 1 fully saturated rings. The van der Waals surface area contributed by atoms with Crippen molar-refractivity contribution in [2.75, 3.05) is 26.2 Å². The summed E-state index contributed by atoms with van der Waals surface area (Å²) in [5.74, 6) is 0.234. The van der Waals surface area contributed by atoms with Crippen LogP contribution in [0.4, 0.5) is 18.9 Å². The van der Waals surface area contributed by atoms with E-state index in [1.807, 2.05) is 0 Å². The maximum absolute atomic E-state index is 12.8. The summed E-state index contributed by atoms with van der Waals surface area (Å²) >= 11 is 0. The van der Waals surface area contributed by atoms with Crippen molar-refractivity contribution in [3.05, 3.63) is 52.6 Å². The van der Waals surface area contributed by atoms with E-state index < -0.39 is 33.4 Å². The highest BCUT2D eigenvalue weighted by Gasteiger charge is 2.34. The van der Waals surface area contributed by atoms with Crippen LogP contribution in [0.3, 0.4) is 0 Å². The first kappa shape index (κ1) is 21.2. The molecule has 13 heteroatoms. The van der Waals surface area contributed by atoms with Gasteiger partial charge in [-0.2, -0.15) is 17.5 Å². The molecule has 1 aliphatic rings. The summed E-state index contributed by atoms with van der Waals surface area (Å²) in [7, 11) is -4.06. The largest absolute Gasteiger partial charge is 0.406 e. The Bertz CT molecular complexity index is 984. The number of benzene rings is 1. The molecule has 158 valence electrons. The fourth-order valence-corrected chi connectivity index (χ4v) is 4.70. The zero-order valence-corrected chi connectivity index (χ0v) is 15.9. The van der Waals surface area contributed by atoms with Crippen LogP contribution in [0, 0.1) is 10.1 Å². The number of rotatable bonds is 6.